The van der Waals surface area contributed by atoms with E-state index in [-0.39, 0.29) is 0 Å². The number of nitrogens with one attached hydrogen (secondary N) is 1. The third-order valence-corrected chi connectivity index (χ3v) is 4.46. The average Bonchev–Trinajstić information content (AvgIpc) is 3.04. The highest BCUT2D eigenvalue weighted by Crippen LogP contribution is 2.33. The van der Waals surface area contributed by atoms with E-state index < -0.39 is 41.9 Å². The number of carbonyl (C=O) groups is 4. The second kappa shape index (κ2) is 5.87. The molecular weight excluding hydrogens is 326 g/mol. The van der Waals surface area contributed by atoms with Gasteiger partial charge in [-0.1, -0.05) is 18.2 Å². The fourth-order valence-corrected chi connectivity index (χ4v) is 3.19. The second-order valence-corrected chi connectivity index (χ2v) is 6.58. The number of benzene rings is 1. The minimum atomic E-state index is -1.05. The van der Waals surface area contributed by atoms with Gasteiger partial charge >= 0.3 is 12.0 Å². The Morgan fingerprint density at radius 2 is 1.96 bits per heavy atom. The molecule has 2 heterocycles. The van der Waals surface area contributed by atoms with Gasteiger partial charge in [-0.2, -0.15) is 0 Å². The van der Waals surface area contributed by atoms with Crippen molar-refractivity contribution in [1.82, 2.24) is 10.2 Å². The second-order valence-electron chi connectivity index (χ2n) is 6.58. The topological polar surface area (TPSA) is 96.0 Å². The lowest BCUT2D eigenvalue weighted by molar-refractivity contribution is -0.143. The van der Waals surface area contributed by atoms with Crippen LogP contribution in [0.25, 0.3) is 0 Å². The van der Waals surface area contributed by atoms with Crippen molar-refractivity contribution in [3.8, 4) is 0 Å². The van der Waals surface area contributed by atoms with Crippen molar-refractivity contribution < 1.29 is 23.9 Å². The van der Waals surface area contributed by atoms with Crippen molar-refractivity contribution in [3.05, 3.63) is 29.8 Å². The summed E-state index contributed by atoms with van der Waals surface area (Å²) in [6, 6.07) is 5.71. The summed E-state index contributed by atoms with van der Waals surface area (Å²) in [5, 5.41) is 2.53. The van der Waals surface area contributed by atoms with Crippen LogP contribution in [-0.2, 0) is 25.5 Å². The van der Waals surface area contributed by atoms with Gasteiger partial charge in [-0.15, -0.1) is 0 Å². The molecule has 1 fully saturated rings. The molecule has 4 amide bonds. The molecule has 1 atom stereocenters. The number of urea groups is 1. The van der Waals surface area contributed by atoms with Crippen LogP contribution < -0.4 is 10.2 Å². The highest BCUT2D eigenvalue weighted by atomic mass is 16.5. The molecule has 132 valence electrons. The number of imide groups is 1. The first kappa shape index (κ1) is 16.9. The molecule has 2 aliphatic rings. The van der Waals surface area contributed by atoms with Gasteiger partial charge in [0.2, 0.25) is 5.91 Å². The zero-order valence-corrected chi connectivity index (χ0v) is 14.2. The molecule has 8 heteroatoms. The van der Waals surface area contributed by atoms with Crippen molar-refractivity contribution in [2.75, 3.05) is 18.6 Å². The lowest BCUT2D eigenvalue weighted by Gasteiger charge is -2.25. The quantitative estimate of drug-likeness (QED) is 0.634. The van der Waals surface area contributed by atoms with Crippen molar-refractivity contribution in [3.63, 3.8) is 0 Å². The Morgan fingerprint density at radius 1 is 1.28 bits per heavy atom. The van der Waals surface area contributed by atoms with E-state index in [9.17, 15) is 19.2 Å². The number of nitrogens with zero attached hydrogens (tertiary/aromatic N) is 2. The van der Waals surface area contributed by atoms with E-state index in [1.165, 1.54) is 12.0 Å². The number of methoxy groups -OCH3 is 1. The minimum Gasteiger partial charge on any atom is -0.467 e. The summed E-state index contributed by atoms with van der Waals surface area (Å²) in [7, 11) is 1.26. The zero-order valence-electron chi connectivity index (χ0n) is 14.2. The maximum atomic E-state index is 12.8. The molecule has 0 saturated carbocycles. The van der Waals surface area contributed by atoms with Gasteiger partial charge in [0.1, 0.15) is 18.1 Å². The summed E-state index contributed by atoms with van der Waals surface area (Å²) < 4.78 is 4.80. The monoisotopic (exact) mass is 345 g/mol. The van der Waals surface area contributed by atoms with E-state index in [1.54, 1.807) is 26.0 Å². The summed E-state index contributed by atoms with van der Waals surface area (Å²) in [5.41, 5.74) is 0.375. The van der Waals surface area contributed by atoms with Gasteiger partial charge in [-0.3, -0.25) is 19.4 Å². The summed E-state index contributed by atoms with van der Waals surface area (Å²) in [4.78, 5) is 51.4. The number of esters is 1. The van der Waals surface area contributed by atoms with Crippen LogP contribution in [0.15, 0.2) is 24.3 Å². The maximum Gasteiger partial charge on any atom is 0.329 e. The van der Waals surface area contributed by atoms with E-state index in [4.69, 9.17) is 4.74 Å². The molecule has 1 aromatic rings. The molecule has 0 radical (unpaired) electrons. The molecule has 0 bridgehead atoms. The number of ether oxygens (including phenoxy) is 1. The lowest BCUT2D eigenvalue weighted by Crippen LogP contribution is -2.49. The molecule has 0 aliphatic carbocycles. The predicted molar refractivity (Wildman–Crippen MR) is 87.8 cm³/mol. The Bertz CT molecular complexity index is 773. The number of hydrogen-bond acceptors (Lipinski definition) is 5. The molecule has 0 spiro atoms. The van der Waals surface area contributed by atoms with Crippen molar-refractivity contribution in [2.24, 2.45) is 0 Å². The molecule has 1 N–H and O–H groups in total. The number of hydrogen-bond donors (Lipinski definition) is 1. The van der Waals surface area contributed by atoms with E-state index in [2.05, 4.69) is 5.32 Å². The highest BCUT2D eigenvalue weighted by Gasteiger charge is 2.47. The first-order valence-corrected chi connectivity index (χ1v) is 7.88. The van der Waals surface area contributed by atoms with Crippen LogP contribution >= 0.6 is 0 Å². The summed E-state index contributed by atoms with van der Waals surface area (Å²) in [6.45, 7) is 2.70. The summed E-state index contributed by atoms with van der Waals surface area (Å²) >= 11 is 0. The molecule has 1 saturated heterocycles. The Labute approximate surface area is 144 Å². The van der Waals surface area contributed by atoms with Gasteiger partial charge < -0.3 is 10.1 Å². The third-order valence-electron chi connectivity index (χ3n) is 4.46. The predicted octanol–water partition coefficient (Wildman–Crippen LogP) is 0.448. The van der Waals surface area contributed by atoms with Crippen LogP contribution in [0.3, 0.4) is 0 Å². The standard InChI is InChI=1S/C17H19N3O5/c1-17(2)15(23)19(16(24)18-17)9-13(21)20-11-7-5-4-6-10(11)8-12(20)14(22)25-3/h4-7,12H,8-9H2,1-3H3,(H,18,24)/t12-/m1/s1. The van der Waals surface area contributed by atoms with Crippen LogP contribution in [0.2, 0.25) is 0 Å². The molecule has 8 nitrogen and oxygen atoms in total. The molecule has 25 heavy (non-hydrogen) atoms. The SMILES string of the molecule is COC(=O)[C@H]1Cc2ccccc2N1C(=O)CN1C(=O)NC(C)(C)C1=O. The van der Waals surface area contributed by atoms with E-state index in [0.717, 1.165) is 10.5 Å². The summed E-state index contributed by atoms with van der Waals surface area (Å²) in [5.74, 6) is -1.53. The molecule has 2 aliphatic heterocycles. The minimum absolute atomic E-state index is 0.334. The van der Waals surface area contributed by atoms with Crippen molar-refractivity contribution in [1.29, 1.82) is 0 Å². The van der Waals surface area contributed by atoms with Gasteiger partial charge in [-0.05, 0) is 25.5 Å². The first-order valence-electron chi connectivity index (χ1n) is 7.88. The number of para-hydroxylation sites is 1. The highest BCUT2D eigenvalue weighted by molar-refractivity contribution is 6.11. The molecule has 0 unspecified atom stereocenters. The van der Waals surface area contributed by atoms with Gasteiger partial charge in [0.15, 0.2) is 0 Å². The van der Waals surface area contributed by atoms with Gasteiger partial charge in [0.25, 0.3) is 5.91 Å². The van der Waals surface area contributed by atoms with Crippen molar-refractivity contribution in [2.45, 2.75) is 31.8 Å². The Balaban J connectivity index is 1.88. The normalized spacial score (nSPS) is 21.2. The number of amides is 4. The van der Waals surface area contributed by atoms with Crippen molar-refractivity contribution >= 4 is 29.5 Å². The number of rotatable bonds is 3. The molecule has 1 aromatic carbocycles. The van der Waals surface area contributed by atoms with Crippen LogP contribution in [0.4, 0.5) is 10.5 Å². The fraction of sp³-hybridized carbons (Fsp3) is 0.412. The van der Waals surface area contributed by atoms with Crippen LogP contribution in [0.1, 0.15) is 19.4 Å². The number of carbonyl (C=O) groups excluding carboxylic acids is 4. The van der Waals surface area contributed by atoms with Crippen LogP contribution in [0, 0.1) is 0 Å². The largest absolute Gasteiger partial charge is 0.467 e. The molecule has 3 rings (SSSR count). The number of anilines is 1. The van der Waals surface area contributed by atoms with Crippen LogP contribution in [-0.4, -0.2) is 54.0 Å². The Morgan fingerprint density at radius 3 is 2.56 bits per heavy atom. The van der Waals surface area contributed by atoms with Gasteiger partial charge in [-0.25, -0.2) is 9.59 Å². The smallest absolute Gasteiger partial charge is 0.329 e. The fourth-order valence-electron chi connectivity index (χ4n) is 3.19. The molecule has 0 aromatic heterocycles. The first-order chi connectivity index (χ1) is 11.8. The van der Waals surface area contributed by atoms with Gasteiger partial charge in [0, 0.05) is 12.1 Å². The Kier molecular flexibility index (Phi) is 3.98. The van der Waals surface area contributed by atoms with E-state index in [1.807, 2.05) is 12.1 Å². The van der Waals surface area contributed by atoms with E-state index in [0.29, 0.717) is 12.1 Å². The lowest BCUT2D eigenvalue weighted by atomic mass is 10.1. The Hall–Kier alpha value is -2.90. The molecular formula is C17H19N3O5. The van der Waals surface area contributed by atoms with Crippen LogP contribution in [0.5, 0.6) is 0 Å². The maximum absolute atomic E-state index is 12.8. The average molecular weight is 345 g/mol. The summed E-state index contributed by atoms with van der Waals surface area (Å²) in [6.07, 6.45) is 0.334. The third kappa shape index (κ3) is 2.73. The number of fused-ring (bicyclic) bond motifs is 1. The van der Waals surface area contributed by atoms with Gasteiger partial charge in [0.05, 0.1) is 7.11 Å². The van der Waals surface area contributed by atoms with E-state index >= 15 is 0 Å². The zero-order chi connectivity index (χ0) is 18.4.